The Labute approximate surface area is 103 Å². The fraction of sp³-hybridized carbons (Fsp3) is 0.500. The highest BCUT2D eigenvalue weighted by Gasteiger charge is 2.08. The molecule has 0 radical (unpaired) electrons. The molecule has 0 heterocycles. The van der Waals surface area contributed by atoms with Crippen LogP contribution in [0.3, 0.4) is 0 Å². The summed E-state index contributed by atoms with van der Waals surface area (Å²) in [6, 6.07) is 10.1. The molecule has 0 aliphatic heterocycles. The van der Waals surface area contributed by atoms with E-state index in [0.717, 1.165) is 0 Å². The van der Waals surface area contributed by atoms with Gasteiger partial charge in [-0.2, -0.15) is 0 Å². The van der Waals surface area contributed by atoms with Crippen LogP contribution < -0.4 is 5.32 Å². The fourth-order valence-corrected chi connectivity index (χ4v) is 1.67. The molecule has 1 aromatic rings. The van der Waals surface area contributed by atoms with Crippen LogP contribution in [0.2, 0.25) is 0 Å². The van der Waals surface area contributed by atoms with Crippen molar-refractivity contribution in [3.63, 3.8) is 0 Å². The smallest absolute Gasteiger partial charge is 0.146 e. The molecule has 1 atom stereocenters. The van der Waals surface area contributed by atoms with Gasteiger partial charge in [-0.25, -0.2) is 0 Å². The second-order valence-electron chi connectivity index (χ2n) is 4.38. The fourth-order valence-electron chi connectivity index (χ4n) is 1.67. The summed E-state index contributed by atoms with van der Waals surface area (Å²) in [5.41, 5.74) is 1.17. The average molecular weight is 235 g/mol. The molecule has 94 valence electrons. The van der Waals surface area contributed by atoms with E-state index in [1.165, 1.54) is 5.56 Å². The lowest BCUT2D eigenvalue weighted by molar-refractivity contribution is -0.119. The van der Waals surface area contributed by atoms with Crippen LogP contribution in [0.15, 0.2) is 30.3 Å². The van der Waals surface area contributed by atoms with Gasteiger partial charge in [0, 0.05) is 13.0 Å². The molecule has 0 amide bonds. The van der Waals surface area contributed by atoms with Crippen LogP contribution in [-0.2, 0) is 16.1 Å². The first-order chi connectivity index (χ1) is 8.22. The number of ether oxygens (including phenoxy) is 1. The van der Waals surface area contributed by atoms with E-state index in [0.29, 0.717) is 26.2 Å². The Morgan fingerprint density at radius 2 is 2.06 bits per heavy atom. The first-order valence-corrected chi connectivity index (χ1v) is 6.00. The van der Waals surface area contributed by atoms with Gasteiger partial charge in [-0.05, 0) is 18.5 Å². The molecule has 0 spiro atoms. The van der Waals surface area contributed by atoms with Crippen LogP contribution in [-0.4, -0.2) is 26.0 Å². The SMILES string of the molecule is CNCC(=O)CC(C)COCc1ccccc1. The number of ketones is 1. The van der Waals surface area contributed by atoms with Gasteiger partial charge in [0.2, 0.25) is 0 Å². The highest BCUT2D eigenvalue weighted by Crippen LogP contribution is 2.06. The van der Waals surface area contributed by atoms with E-state index in [-0.39, 0.29) is 11.7 Å². The largest absolute Gasteiger partial charge is 0.376 e. The van der Waals surface area contributed by atoms with E-state index in [4.69, 9.17) is 4.74 Å². The first-order valence-electron chi connectivity index (χ1n) is 6.00. The summed E-state index contributed by atoms with van der Waals surface area (Å²) in [7, 11) is 1.79. The van der Waals surface area contributed by atoms with Crippen LogP contribution in [0.4, 0.5) is 0 Å². The standard InChI is InChI=1S/C14H21NO2/c1-12(8-14(16)9-15-2)10-17-11-13-6-4-3-5-7-13/h3-7,12,15H,8-11H2,1-2H3. The van der Waals surface area contributed by atoms with E-state index in [2.05, 4.69) is 5.32 Å². The van der Waals surface area contributed by atoms with Crippen molar-refractivity contribution in [3.8, 4) is 0 Å². The molecule has 1 unspecified atom stereocenters. The van der Waals surface area contributed by atoms with Gasteiger partial charge >= 0.3 is 0 Å². The Balaban J connectivity index is 2.16. The second kappa shape index (κ2) is 7.98. The van der Waals surface area contributed by atoms with Crippen molar-refractivity contribution in [2.45, 2.75) is 20.0 Å². The highest BCUT2D eigenvalue weighted by molar-refractivity contribution is 5.80. The third kappa shape index (κ3) is 6.19. The first kappa shape index (κ1) is 13.9. The molecule has 17 heavy (non-hydrogen) atoms. The van der Waals surface area contributed by atoms with Crippen LogP contribution in [0.5, 0.6) is 0 Å². The van der Waals surface area contributed by atoms with Crippen LogP contribution >= 0.6 is 0 Å². The lowest BCUT2D eigenvalue weighted by Crippen LogP contribution is -2.21. The number of rotatable bonds is 8. The molecular weight excluding hydrogens is 214 g/mol. The molecule has 0 aliphatic carbocycles. The molecular formula is C14H21NO2. The lowest BCUT2D eigenvalue weighted by Gasteiger charge is -2.11. The molecule has 1 aromatic carbocycles. The molecule has 0 fully saturated rings. The summed E-state index contributed by atoms with van der Waals surface area (Å²) in [6.07, 6.45) is 0.579. The van der Waals surface area contributed by atoms with Crippen molar-refractivity contribution in [2.24, 2.45) is 5.92 Å². The van der Waals surface area contributed by atoms with Gasteiger partial charge in [0.1, 0.15) is 5.78 Å². The van der Waals surface area contributed by atoms with Crippen molar-refractivity contribution in [2.75, 3.05) is 20.2 Å². The summed E-state index contributed by atoms with van der Waals surface area (Å²) >= 11 is 0. The van der Waals surface area contributed by atoms with Gasteiger partial charge in [-0.3, -0.25) is 4.79 Å². The topological polar surface area (TPSA) is 38.3 Å². The summed E-state index contributed by atoms with van der Waals surface area (Å²) in [5.74, 6) is 0.517. The number of hydrogen-bond acceptors (Lipinski definition) is 3. The number of Topliss-reactive ketones (excluding diaryl/α,β-unsaturated/α-hetero) is 1. The van der Waals surface area contributed by atoms with Gasteiger partial charge in [0.05, 0.1) is 13.2 Å². The molecule has 3 heteroatoms. The highest BCUT2D eigenvalue weighted by atomic mass is 16.5. The molecule has 0 aromatic heterocycles. The van der Waals surface area contributed by atoms with Gasteiger partial charge in [0.25, 0.3) is 0 Å². The number of carbonyl (C=O) groups is 1. The normalized spacial score (nSPS) is 12.4. The van der Waals surface area contributed by atoms with Crippen molar-refractivity contribution >= 4 is 5.78 Å². The summed E-state index contributed by atoms with van der Waals surface area (Å²) in [4.78, 5) is 11.4. The zero-order valence-corrected chi connectivity index (χ0v) is 10.6. The molecule has 0 bridgehead atoms. The lowest BCUT2D eigenvalue weighted by atomic mass is 10.1. The number of likely N-dealkylation sites (N-methyl/N-ethyl adjacent to an activating group) is 1. The van der Waals surface area contributed by atoms with E-state index >= 15 is 0 Å². The Bertz CT molecular complexity index is 324. The molecule has 0 saturated heterocycles. The zero-order valence-electron chi connectivity index (χ0n) is 10.6. The van der Waals surface area contributed by atoms with E-state index in [1.807, 2.05) is 37.3 Å². The predicted octanol–water partition coefficient (Wildman–Crippen LogP) is 2.02. The number of benzene rings is 1. The molecule has 1 rings (SSSR count). The third-order valence-corrected chi connectivity index (χ3v) is 2.46. The number of hydrogen-bond donors (Lipinski definition) is 1. The second-order valence-corrected chi connectivity index (χ2v) is 4.38. The quantitative estimate of drug-likeness (QED) is 0.749. The molecule has 0 aliphatic rings. The van der Waals surface area contributed by atoms with Crippen LogP contribution in [0.25, 0.3) is 0 Å². The summed E-state index contributed by atoms with van der Waals surface area (Å²) in [5, 5.41) is 2.86. The zero-order chi connectivity index (χ0) is 12.5. The maximum Gasteiger partial charge on any atom is 0.146 e. The van der Waals surface area contributed by atoms with Crippen molar-refractivity contribution in [1.82, 2.24) is 5.32 Å². The van der Waals surface area contributed by atoms with Gasteiger partial charge in [0.15, 0.2) is 0 Å². The van der Waals surface area contributed by atoms with Crippen LogP contribution in [0.1, 0.15) is 18.9 Å². The van der Waals surface area contributed by atoms with Gasteiger partial charge in [-0.1, -0.05) is 37.3 Å². The maximum absolute atomic E-state index is 11.4. The minimum atomic E-state index is 0.239. The number of nitrogens with one attached hydrogen (secondary N) is 1. The third-order valence-electron chi connectivity index (χ3n) is 2.46. The monoisotopic (exact) mass is 235 g/mol. The van der Waals surface area contributed by atoms with Crippen LogP contribution in [0, 0.1) is 5.92 Å². The molecule has 3 nitrogen and oxygen atoms in total. The van der Waals surface area contributed by atoms with Crippen molar-refractivity contribution < 1.29 is 9.53 Å². The minimum absolute atomic E-state index is 0.239. The maximum atomic E-state index is 11.4. The Kier molecular flexibility index (Phi) is 6.51. The Morgan fingerprint density at radius 1 is 1.35 bits per heavy atom. The van der Waals surface area contributed by atoms with Crippen molar-refractivity contribution in [1.29, 1.82) is 0 Å². The molecule has 1 N–H and O–H groups in total. The van der Waals surface area contributed by atoms with E-state index < -0.39 is 0 Å². The average Bonchev–Trinajstić information content (AvgIpc) is 2.30. The Hall–Kier alpha value is -1.19. The van der Waals surface area contributed by atoms with Gasteiger partial charge < -0.3 is 10.1 Å². The minimum Gasteiger partial charge on any atom is -0.376 e. The van der Waals surface area contributed by atoms with Crippen molar-refractivity contribution in [3.05, 3.63) is 35.9 Å². The molecule has 0 saturated carbocycles. The number of carbonyl (C=O) groups excluding carboxylic acids is 1. The predicted molar refractivity (Wildman–Crippen MR) is 68.8 cm³/mol. The Morgan fingerprint density at radius 3 is 2.71 bits per heavy atom. The van der Waals surface area contributed by atoms with E-state index in [1.54, 1.807) is 7.05 Å². The summed E-state index contributed by atoms with van der Waals surface area (Å²) < 4.78 is 5.59. The summed E-state index contributed by atoms with van der Waals surface area (Å²) in [6.45, 7) is 3.73. The van der Waals surface area contributed by atoms with Gasteiger partial charge in [-0.15, -0.1) is 0 Å². The van der Waals surface area contributed by atoms with E-state index in [9.17, 15) is 4.79 Å².